The van der Waals surface area contributed by atoms with Crippen LogP contribution in [0, 0.1) is 0 Å². The molecule has 1 aliphatic heterocycles. The van der Waals surface area contributed by atoms with E-state index in [2.05, 4.69) is 5.32 Å². The molecule has 0 aromatic heterocycles. The lowest BCUT2D eigenvalue weighted by molar-refractivity contribution is -0.150. The van der Waals surface area contributed by atoms with Gasteiger partial charge in [0.1, 0.15) is 0 Å². The highest BCUT2D eigenvalue weighted by Gasteiger charge is 2.27. The number of sulfonamides is 1. The number of anilines is 1. The van der Waals surface area contributed by atoms with Gasteiger partial charge in [-0.2, -0.15) is 4.31 Å². The Kier molecular flexibility index (Phi) is 6.42. The van der Waals surface area contributed by atoms with E-state index in [0.717, 1.165) is 19.3 Å². The van der Waals surface area contributed by atoms with E-state index in [4.69, 9.17) is 16.3 Å². The number of nitrogens with one attached hydrogen (secondary N) is 1. The normalized spacial score (nSPS) is 16.9. The Morgan fingerprint density at radius 3 is 2.48 bits per heavy atom. The fourth-order valence-electron chi connectivity index (χ4n) is 2.55. The molecule has 1 atom stereocenters. The smallest absolute Gasteiger partial charge is 0.303 e. The Labute approximate surface area is 152 Å². The number of carbonyl (C=O) groups is 2. The van der Waals surface area contributed by atoms with Gasteiger partial charge in [0, 0.05) is 20.0 Å². The Bertz CT molecular complexity index is 760. The van der Waals surface area contributed by atoms with Gasteiger partial charge in [0.2, 0.25) is 10.0 Å². The highest BCUT2D eigenvalue weighted by Crippen LogP contribution is 2.28. The molecule has 9 heteroatoms. The van der Waals surface area contributed by atoms with Crippen LogP contribution in [0.1, 0.15) is 33.1 Å². The van der Waals surface area contributed by atoms with Crippen molar-refractivity contribution in [1.29, 1.82) is 0 Å². The van der Waals surface area contributed by atoms with Crippen LogP contribution in [0.4, 0.5) is 5.69 Å². The van der Waals surface area contributed by atoms with Crippen LogP contribution >= 0.6 is 11.6 Å². The molecule has 1 amide bonds. The SMILES string of the molecule is CC(=O)O[C@@H](C)C(=O)Nc1cc(S(=O)(=O)N2CCCCC2)ccc1Cl. The Hall–Kier alpha value is -1.64. The number of amides is 1. The first kappa shape index (κ1) is 19.7. The standard InChI is InChI=1S/C16H21ClN2O5S/c1-11(24-12(2)20)16(21)18-15-10-13(6-7-14(15)17)25(22,23)19-8-4-3-5-9-19/h6-7,10-11H,3-5,8-9H2,1-2H3,(H,18,21)/t11-/m0/s1. The fourth-order valence-corrected chi connectivity index (χ4v) is 4.26. The molecule has 1 saturated heterocycles. The van der Waals surface area contributed by atoms with Crippen LogP contribution < -0.4 is 5.32 Å². The van der Waals surface area contributed by atoms with Crippen molar-refractivity contribution in [3.63, 3.8) is 0 Å². The predicted octanol–water partition coefficient (Wildman–Crippen LogP) is 2.40. The van der Waals surface area contributed by atoms with E-state index < -0.39 is 28.0 Å². The first-order chi connectivity index (χ1) is 11.7. The van der Waals surface area contributed by atoms with E-state index in [1.54, 1.807) is 0 Å². The number of hydrogen-bond acceptors (Lipinski definition) is 5. The maximum atomic E-state index is 12.7. The minimum atomic E-state index is -3.64. The zero-order chi connectivity index (χ0) is 18.6. The summed E-state index contributed by atoms with van der Waals surface area (Å²) in [7, 11) is -3.64. The van der Waals surface area contributed by atoms with Gasteiger partial charge in [0.25, 0.3) is 5.91 Å². The van der Waals surface area contributed by atoms with E-state index in [1.807, 2.05) is 0 Å². The van der Waals surface area contributed by atoms with Crippen molar-refractivity contribution in [1.82, 2.24) is 4.31 Å². The minimum absolute atomic E-state index is 0.0641. The minimum Gasteiger partial charge on any atom is -0.453 e. The molecule has 25 heavy (non-hydrogen) atoms. The summed E-state index contributed by atoms with van der Waals surface area (Å²) in [5.74, 6) is -1.18. The zero-order valence-corrected chi connectivity index (χ0v) is 15.7. The lowest BCUT2D eigenvalue weighted by Crippen LogP contribution is -2.35. The lowest BCUT2D eigenvalue weighted by Gasteiger charge is -2.26. The van der Waals surface area contributed by atoms with Gasteiger partial charge in [-0.1, -0.05) is 18.0 Å². The summed E-state index contributed by atoms with van der Waals surface area (Å²) >= 11 is 6.06. The second-order valence-corrected chi connectivity index (χ2v) is 8.19. The number of benzene rings is 1. The van der Waals surface area contributed by atoms with Gasteiger partial charge in [0.05, 0.1) is 15.6 Å². The zero-order valence-electron chi connectivity index (χ0n) is 14.1. The Balaban J connectivity index is 2.22. The molecule has 1 heterocycles. The molecule has 0 unspecified atom stereocenters. The van der Waals surface area contributed by atoms with E-state index in [9.17, 15) is 18.0 Å². The van der Waals surface area contributed by atoms with Crippen molar-refractivity contribution >= 4 is 39.2 Å². The van der Waals surface area contributed by atoms with Crippen LogP contribution in [-0.4, -0.2) is 43.8 Å². The summed E-state index contributed by atoms with van der Waals surface area (Å²) in [6.45, 7) is 3.58. The molecule has 0 aliphatic carbocycles. The molecule has 1 aliphatic rings. The number of nitrogens with zero attached hydrogens (tertiary/aromatic N) is 1. The van der Waals surface area contributed by atoms with Gasteiger partial charge in [-0.3, -0.25) is 9.59 Å². The first-order valence-corrected chi connectivity index (χ1v) is 9.81. The average molecular weight is 389 g/mol. The molecule has 1 N–H and O–H groups in total. The molecule has 7 nitrogen and oxygen atoms in total. The average Bonchev–Trinajstić information content (AvgIpc) is 2.56. The van der Waals surface area contributed by atoms with Gasteiger partial charge in [0.15, 0.2) is 6.10 Å². The third-order valence-corrected chi connectivity index (χ3v) is 6.08. The van der Waals surface area contributed by atoms with Crippen LogP contribution in [0.25, 0.3) is 0 Å². The molecular formula is C16H21ClN2O5S. The predicted molar refractivity (Wildman–Crippen MR) is 93.9 cm³/mol. The van der Waals surface area contributed by atoms with Crippen LogP contribution in [0.5, 0.6) is 0 Å². The molecule has 1 fully saturated rings. The van der Waals surface area contributed by atoms with Crippen LogP contribution in [-0.2, 0) is 24.3 Å². The maximum absolute atomic E-state index is 12.7. The van der Waals surface area contributed by atoms with Gasteiger partial charge in [-0.25, -0.2) is 8.42 Å². The third kappa shape index (κ3) is 4.93. The quantitative estimate of drug-likeness (QED) is 0.782. The number of esters is 1. The molecule has 1 aromatic carbocycles. The van der Waals surface area contributed by atoms with Crippen molar-refractivity contribution in [2.75, 3.05) is 18.4 Å². The number of carbonyl (C=O) groups excluding carboxylic acids is 2. The topological polar surface area (TPSA) is 92.8 Å². The number of ether oxygens (including phenoxy) is 1. The molecule has 1 aromatic rings. The van der Waals surface area contributed by atoms with E-state index >= 15 is 0 Å². The second-order valence-electron chi connectivity index (χ2n) is 5.85. The van der Waals surface area contributed by atoms with Crippen molar-refractivity contribution in [3.05, 3.63) is 23.2 Å². The molecule has 0 saturated carbocycles. The number of hydrogen-bond donors (Lipinski definition) is 1. The van der Waals surface area contributed by atoms with Gasteiger partial charge < -0.3 is 10.1 Å². The van der Waals surface area contributed by atoms with Gasteiger partial charge >= 0.3 is 5.97 Å². The molecule has 0 radical (unpaired) electrons. The summed E-state index contributed by atoms with van der Waals surface area (Å²) in [6, 6.07) is 4.16. The maximum Gasteiger partial charge on any atom is 0.303 e. The number of piperidine rings is 1. The van der Waals surface area contributed by atoms with Gasteiger partial charge in [-0.05, 0) is 38.0 Å². The highest BCUT2D eigenvalue weighted by atomic mass is 35.5. The van der Waals surface area contributed by atoms with Crippen LogP contribution in [0.3, 0.4) is 0 Å². The number of halogens is 1. The summed E-state index contributed by atoms with van der Waals surface area (Å²) in [5, 5.41) is 2.70. The number of rotatable bonds is 5. The van der Waals surface area contributed by atoms with Crippen molar-refractivity contribution in [3.8, 4) is 0 Å². The summed E-state index contributed by atoms with van der Waals surface area (Å²) in [4.78, 5) is 23.0. The van der Waals surface area contributed by atoms with Crippen molar-refractivity contribution in [2.24, 2.45) is 0 Å². The second kappa shape index (κ2) is 8.16. The Morgan fingerprint density at radius 2 is 1.88 bits per heavy atom. The van der Waals surface area contributed by atoms with Crippen molar-refractivity contribution < 1.29 is 22.7 Å². The molecule has 0 bridgehead atoms. The third-order valence-electron chi connectivity index (χ3n) is 3.86. The molecule has 0 spiro atoms. The van der Waals surface area contributed by atoms with Crippen LogP contribution in [0.2, 0.25) is 5.02 Å². The van der Waals surface area contributed by atoms with E-state index in [0.29, 0.717) is 13.1 Å². The monoisotopic (exact) mass is 388 g/mol. The lowest BCUT2D eigenvalue weighted by atomic mass is 10.2. The largest absolute Gasteiger partial charge is 0.453 e. The van der Waals surface area contributed by atoms with Crippen LogP contribution in [0.15, 0.2) is 23.1 Å². The Morgan fingerprint density at radius 1 is 1.24 bits per heavy atom. The summed E-state index contributed by atoms with van der Waals surface area (Å²) < 4.78 is 31.7. The molecule has 138 valence electrons. The van der Waals surface area contributed by atoms with Crippen molar-refractivity contribution in [2.45, 2.75) is 44.1 Å². The molecular weight excluding hydrogens is 368 g/mol. The highest BCUT2D eigenvalue weighted by molar-refractivity contribution is 7.89. The van der Waals surface area contributed by atoms with E-state index in [1.165, 1.54) is 36.4 Å². The summed E-state index contributed by atoms with van der Waals surface area (Å²) in [6.07, 6.45) is 1.66. The molecule has 2 rings (SSSR count). The fraction of sp³-hybridized carbons (Fsp3) is 0.500. The van der Waals surface area contributed by atoms with E-state index in [-0.39, 0.29) is 15.6 Å². The first-order valence-electron chi connectivity index (χ1n) is 7.99. The summed E-state index contributed by atoms with van der Waals surface area (Å²) in [5.41, 5.74) is 0.156. The van der Waals surface area contributed by atoms with Gasteiger partial charge in [-0.15, -0.1) is 0 Å².